The lowest BCUT2D eigenvalue weighted by Gasteiger charge is -2.32. The number of carbonyl (C=O) groups excluding carboxylic acids is 1. The summed E-state index contributed by atoms with van der Waals surface area (Å²) in [6.07, 6.45) is 2.12. The van der Waals surface area contributed by atoms with Crippen molar-refractivity contribution >= 4 is 22.4 Å². The quantitative estimate of drug-likeness (QED) is 0.827. The van der Waals surface area contributed by atoms with E-state index in [1.54, 1.807) is 0 Å². The standard InChI is InChI=1S/C20H27N3O2S/c1-4-21-20-22-15(3)18(26-20)19(24)23-10-6-8-16(12-23)13-25-17-9-5-7-14(2)11-17/h5,7,9,11,16H,4,6,8,10,12-13H2,1-3H3,(H,21,22)/t16-/m0/s1. The Labute approximate surface area is 159 Å². The first-order valence-electron chi connectivity index (χ1n) is 9.27. The smallest absolute Gasteiger partial charge is 0.265 e. The lowest BCUT2D eigenvalue weighted by atomic mass is 9.98. The summed E-state index contributed by atoms with van der Waals surface area (Å²) in [6, 6.07) is 8.11. The third-order valence-electron chi connectivity index (χ3n) is 4.60. The summed E-state index contributed by atoms with van der Waals surface area (Å²) in [7, 11) is 0. The van der Waals surface area contributed by atoms with Gasteiger partial charge in [0.2, 0.25) is 0 Å². The van der Waals surface area contributed by atoms with Gasteiger partial charge in [0.25, 0.3) is 5.91 Å². The molecule has 0 radical (unpaired) electrons. The molecule has 1 aliphatic heterocycles. The van der Waals surface area contributed by atoms with E-state index in [1.807, 2.05) is 30.9 Å². The first-order valence-corrected chi connectivity index (χ1v) is 10.1. The van der Waals surface area contributed by atoms with Crippen LogP contribution in [0.25, 0.3) is 0 Å². The minimum absolute atomic E-state index is 0.101. The zero-order valence-electron chi connectivity index (χ0n) is 15.7. The molecule has 0 bridgehead atoms. The van der Waals surface area contributed by atoms with Crippen LogP contribution < -0.4 is 10.1 Å². The Morgan fingerprint density at radius 3 is 3.04 bits per heavy atom. The molecule has 2 heterocycles. The number of nitrogens with one attached hydrogen (secondary N) is 1. The van der Waals surface area contributed by atoms with Gasteiger partial charge in [-0.3, -0.25) is 4.79 Å². The molecular weight excluding hydrogens is 346 g/mol. The van der Waals surface area contributed by atoms with Crippen molar-refractivity contribution in [1.82, 2.24) is 9.88 Å². The van der Waals surface area contributed by atoms with Crippen molar-refractivity contribution < 1.29 is 9.53 Å². The molecule has 1 aliphatic rings. The molecule has 1 aromatic heterocycles. The van der Waals surface area contributed by atoms with Crippen molar-refractivity contribution in [3.63, 3.8) is 0 Å². The molecule has 1 fully saturated rings. The number of nitrogens with zero attached hydrogens (tertiary/aromatic N) is 2. The number of aryl methyl sites for hydroxylation is 2. The van der Waals surface area contributed by atoms with Crippen molar-refractivity contribution in [2.75, 3.05) is 31.6 Å². The lowest BCUT2D eigenvalue weighted by Crippen LogP contribution is -2.41. The van der Waals surface area contributed by atoms with Gasteiger partial charge >= 0.3 is 0 Å². The summed E-state index contributed by atoms with van der Waals surface area (Å²) in [4.78, 5) is 20.1. The highest BCUT2D eigenvalue weighted by Gasteiger charge is 2.27. The van der Waals surface area contributed by atoms with Gasteiger partial charge in [0.05, 0.1) is 12.3 Å². The van der Waals surface area contributed by atoms with Crippen LogP contribution in [0.4, 0.5) is 5.13 Å². The molecule has 0 spiro atoms. The summed E-state index contributed by atoms with van der Waals surface area (Å²) in [5.74, 6) is 1.38. The molecule has 140 valence electrons. The molecule has 26 heavy (non-hydrogen) atoms. The van der Waals surface area contributed by atoms with Crippen molar-refractivity contribution in [2.45, 2.75) is 33.6 Å². The highest BCUT2D eigenvalue weighted by molar-refractivity contribution is 7.17. The number of hydrogen-bond acceptors (Lipinski definition) is 5. The van der Waals surface area contributed by atoms with Crippen LogP contribution in [0.15, 0.2) is 24.3 Å². The number of thiazole rings is 1. The summed E-state index contributed by atoms with van der Waals surface area (Å²) in [5, 5.41) is 4.02. The van der Waals surface area contributed by atoms with Crippen LogP contribution in [0, 0.1) is 19.8 Å². The van der Waals surface area contributed by atoms with Crippen LogP contribution in [-0.4, -0.2) is 42.0 Å². The predicted molar refractivity (Wildman–Crippen MR) is 106 cm³/mol. The third kappa shape index (κ3) is 4.55. The molecule has 1 saturated heterocycles. The average molecular weight is 374 g/mol. The van der Waals surface area contributed by atoms with E-state index in [1.165, 1.54) is 16.9 Å². The van der Waals surface area contributed by atoms with E-state index in [0.717, 1.165) is 53.9 Å². The Morgan fingerprint density at radius 2 is 2.27 bits per heavy atom. The Kier molecular flexibility index (Phi) is 6.14. The summed E-state index contributed by atoms with van der Waals surface area (Å²) >= 11 is 1.45. The van der Waals surface area contributed by atoms with E-state index < -0.39 is 0 Å². The molecule has 5 nitrogen and oxygen atoms in total. The van der Waals surface area contributed by atoms with Crippen LogP contribution in [0.3, 0.4) is 0 Å². The maximum Gasteiger partial charge on any atom is 0.265 e. The Balaban J connectivity index is 1.60. The number of hydrogen-bond donors (Lipinski definition) is 1. The fourth-order valence-corrected chi connectivity index (χ4v) is 4.27. The minimum Gasteiger partial charge on any atom is -0.493 e. The monoisotopic (exact) mass is 373 g/mol. The third-order valence-corrected chi connectivity index (χ3v) is 5.70. The zero-order valence-corrected chi connectivity index (χ0v) is 16.6. The number of benzene rings is 1. The molecule has 2 aromatic rings. The van der Waals surface area contributed by atoms with Crippen molar-refractivity contribution in [3.05, 3.63) is 40.4 Å². The number of piperidine rings is 1. The second-order valence-corrected chi connectivity index (χ2v) is 7.85. The number of ether oxygens (including phenoxy) is 1. The predicted octanol–water partition coefficient (Wildman–Crippen LogP) is 4.12. The van der Waals surface area contributed by atoms with Gasteiger partial charge in [-0.25, -0.2) is 4.98 Å². The SMILES string of the molecule is CCNc1nc(C)c(C(=O)N2CCC[C@H](COc3cccc(C)c3)C2)s1. The molecule has 1 aromatic carbocycles. The van der Waals surface area contributed by atoms with E-state index >= 15 is 0 Å². The van der Waals surface area contributed by atoms with Crippen molar-refractivity contribution in [2.24, 2.45) is 5.92 Å². The van der Waals surface area contributed by atoms with Crippen LogP contribution in [-0.2, 0) is 0 Å². The summed E-state index contributed by atoms with van der Waals surface area (Å²) in [5.41, 5.74) is 2.01. The number of carbonyl (C=O) groups is 1. The molecule has 1 atom stereocenters. The maximum absolute atomic E-state index is 12.9. The second-order valence-electron chi connectivity index (χ2n) is 6.85. The van der Waals surface area contributed by atoms with E-state index in [2.05, 4.69) is 29.4 Å². The molecule has 1 N–H and O–H groups in total. The number of rotatable bonds is 6. The number of amides is 1. The highest BCUT2D eigenvalue weighted by atomic mass is 32.1. The molecule has 0 unspecified atom stereocenters. The van der Waals surface area contributed by atoms with Gasteiger partial charge in [0, 0.05) is 25.6 Å². The Morgan fingerprint density at radius 1 is 1.42 bits per heavy atom. The molecular formula is C20H27N3O2S. The molecule has 0 saturated carbocycles. The number of anilines is 1. The van der Waals surface area contributed by atoms with Crippen molar-refractivity contribution in [1.29, 1.82) is 0 Å². The largest absolute Gasteiger partial charge is 0.493 e. The molecule has 3 rings (SSSR count). The van der Waals surface area contributed by atoms with Crippen LogP contribution in [0.5, 0.6) is 5.75 Å². The van der Waals surface area contributed by atoms with Crippen LogP contribution in [0.2, 0.25) is 0 Å². The van der Waals surface area contributed by atoms with Gasteiger partial charge in [-0.05, 0) is 51.3 Å². The first-order chi connectivity index (χ1) is 12.6. The van der Waals surface area contributed by atoms with Gasteiger partial charge in [-0.2, -0.15) is 0 Å². The average Bonchev–Trinajstić information content (AvgIpc) is 3.00. The maximum atomic E-state index is 12.9. The highest BCUT2D eigenvalue weighted by Crippen LogP contribution is 2.26. The fourth-order valence-electron chi connectivity index (χ4n) is 3.27. The van der Waals surface area contributed by atoms with Gasteiger partial charge in [0.15, 0.2) is 5.13 Å². The minimum atomic E-state index is 0.101. The van der Waals surface area contributed by atoms with Gasteiger partial charge < -0.3 is 15.0 Å². The Bertz CT molecular complexity index is 759. The van der Waals surface area contributed by atoms with Gasteiger partial charge in [-0.15, -0.1) is 0 Å². The first kappa shape index (κ1) is 18.7. The zero-order chi connectivity index (χ0) is 18.5. The summed E-state index contributed by atoms with van der Waals surface area (Å²) < 4.78 is 5.96. The van der Waals surface area contributed by atoms with Crippen molar-refractivity contribution in [3.8, 4) is 5.75 Å². The normalized spacial score (nSPS) is 17.2. The van der Waals surface area contributed by atoms with Crippen LogP contribution >= 0.6 is 11.3 Å². The molecule has 6 heteroatoms. The summed E-state index contributed by atoms with van der Waals surface area (Å²) in [6.45, 7) is 9.02. The van der Waals surface area contributed by atoms with E-state index in [0.29, 0.717) is 12.5 Å². The second kappa shape index (κ2) is 8.54. The van der Waals surface area contributed by atoms with Gasteiger partial charge in [-0.1, -0.05) is 23.5 Å². The van der Waals surface area contributed by atoms with E-state index in [9.17, 15) is 4.79 Å². The van der Waals surface area contributed by atoms with E-state index in [4.69, 9.17) is 4.74 Å². The van der Waals surface area contributed by atoms with Gasteiger partial charge in [0.1, 0.15) is 10.6 Å². The molecule has 1 amide bonds. The fraction of sp³-hybridized carbons (Fsp3) is 0.500. The van der Waals surface area contributed by atoms with Crippen LogP contribution in [0.1, 0.15) is 40.7 Å². The lowest BCUT2D eigenvalue weighted by molar-refractivity contribution is 0.0637. The topological polar surface area (TPSA) is 54.5 Å². The Hall–Kier alpha value is -2.08. The number of likely N-dealkylation sites (tertiary alicyclic amines) is 1. The van der Waals surface area contributed by atoms with E-state index in [-0.39, 0.29) is 5.91 Å². The number of aromatic nitrogens is 1. The molecule has 0 aliphatic carbocycles.